The van der Waals surface area contributed by atoms with E-state index in [2.05, 4.69) is 207 Å². The van der Waals surface area contributed by atoms with Gasteiger partial charge in [0, 0.05) is 45.5 Å². The lowest BCUT2D eigenvalue weighted by Crippen LogP contribution is -2.32. The van der Waals surface area contributed by atoms with E-state index >= 15 is 0 Å². The maximum Gasteiger partial charge on any atom is 0.0713 e. The second kappa shape index (κ2) is 15.2. The van der Waals surface area contributed by atoms with Gasteiger partial charge in [-0.05, 0) is 89.0 Å². The average Bonchev–Trinajstić information content (AvgIpc) is 3.57. The van der Waals surface area contributed by atoms with E-state index in [0.717, 1.165) is 18.5 Å². The molecular formula is C50H46N2S. The highest BCUT2D eigenvalue weighted by atomic mass is 32.1. The van der Waals surface area contributed by atoms with Crippen LogP contribution in [0.2, 0.25) is 0 Å². The lowest BCUT2D eigenvalue weighted by Gasteiger charge is -2.37. The molecule has 0 bridgehead atoms. The molecule has 3 atom stereocenters. The van der Waals surface area contributed by atoms with Crippen molar-refractivity contribution in [3.05, 3.63) is 199 Å². The van der Waals surface area contributed by atoms with Gasteiger partial charge < -0.3 is 4.90 Å². The number of rotatable bonds is 10. The summed E-state index contributed by atoms with van der Waals surface area (Å²) in [5.74, 6) is 0.832. The van der Waals surface area contributed by atoms with E-state index in [1.54, 1.807) is 0 Å². The van der Waals surface area contributed by atoms with Crippen LogP contribution in [0.1, 0.15) is 42.1 Å². The van der Waals surface area contributed by atoms with Gasteiger partial charge in [-0.1, -0.05) is 154 Å². The molecule has 0 amide bonds. The quantitative estimate of drug-likeness (QED) is 0.140. The number of hydrogen-bond acceptors (Lipinski definition) is 3. The van der Waals surface area contributed by atoms with Crippen molar-refractivity contribution in [1.82, 2.24) is 4.90 Å². The Morgan fingerprint density at radius 1 is 0.679 bits per heavy atom. The van der Waals surface area contributed by atoms with Crippen LogP contribution < -0.4 is 4.90 Å². The molecule has 6 aromatic carbocycles. The Balaban J connectivity index is 1.09. The Morgan fingerprint density at radius 3 is 2.23 bits per heavy atom. The van der Waals surface area contributed by atoms with Gasteiger partial charge in [0.2, 0.25) is 0 Å². The molecule has 8 rings (SSSR count). The van der Waals surface area contributed by atoms with Crippen molar-refractivity contribution in [3.8, 4) is 11.1 Å². The summed E-state index contributed by atoms with van der Waals surface area (Å²) in [7, 11) is 2.29. The number of fused-ring (bicyclic) bond motifs is 5. The second-order valence-electron chi connectivity index (χ2n) is 14.6. The van der Waals surface area contributed by atoms with Gasteiger partial charge in [0.1, 0.15) is 0 Å². The van der Waals surface area contributed by atoms with E-state index in [0.29, 0.717) is 11.8 Å². The molecule has 0 radical (unpaired) electrons. The number of allylic oxidation sites excluding steroid dienone is 4. The molecule has 0 spiro atoms. The Labute approximate surface area is 318 Å². The van der Waals surface area contributed by atoms with Crippen molar-refractivity contribution < 1.29 is 0 Å². The second-order valence-corrected chi connectivity index (χ2v) is 15.6. The van der Waals surface area contributed by atoms with Crippen LogP contribution in [0.5, 0.6) is 0 Å². The summed E-state index contributed by atoms with van der Waals surface area (Å²) >= 11 is 1.87. The first-order valence-electron chi connectivity index (χ1n) is 18.7. The van der Waals surface area contributed by atoms with Gasteiger partial charge >= 0.3 is 0 Å². The lowest BCUT2D eigenvalue weighted by molar-refractivity contribution is 0.141. The summed E-state index contributed by atoms with van der Waals surface area (Å²) in [5.41, 5.74) is 11.1. The predicted molar refractivity (Wildman–Crippen MR) is 230 cm³/mol. The summed E-state index contributed by atoms with van der Waals surface area (Å²) in [5, 5.41) is 2.60. The van der Waals surface area contributed by atoms with Crippen molar-refractivity contribution in [3.63, 3.8) is 0 Å². The largest absolute Gasteiger partial charge is 0.315 e. The van der Waals surface area contributed by atoms with Gasteiger partial charge in [0.05, 0.1) is 10.4 Å². The first-order chi connectivity index (χ1) is 25.9. The number of anilines is 2. The van der Waals surface area contributed by atoms with Crippen molar-refractivity contribution >= 4 is 48.5 Å². The number of hydrogen-bond donors (Lipinski definition) is 0. The summed E-state index contributed by atoms with van der Waals surface area (Å²) < 4.78 is 2.60. The Hall–Kier alpha value is -5.48. The van der Waals surface area contributed by atoms with Crippen molar-refractivity contribution in [2.45, 2.75) is 32.9 Å². The summed E-state index contributed by atoms with van der Waals surface area (Å²) in [6.07, 6.45) is 9.54. The van der Waals surface area contributed by atoms with Crippen LogP contribution in [0.25, 0.3) is 36.9 Å². The zero-order valence-electron chi connectivity index (χ0n) is 30.8. The highest BCUT2D eigenvalue weighted by Crippen LogP contribution is 2.46. The molecule has 0 fully saturated rings. The standard InChI is InChI=1S/C50H46N2S/c1-35-17-13-14-30-52(49-44(35)28-29-46-45-26-11-12-27-47(45)53-50(46)49)43-25-16-18-38(33-43)31-36(2)37(3)48(41-22-9-6-10-23-41)51(4)34-39-19-15-24-42(32-39)40-20-7-5-8-21-40/h5-30,32-33,36-37,48H,1,31,34H2,2-4H3/b17-13-,30-14-/t36-,37+,48?/m0/s1. The van der Waals surface area contributed by atoms with E-state index in [1.165, 1.54) is 64.9 Å². The average molecular weight is 707 g/mol. The topological polar surface area (TPSA) is 6.48 Å². The molecule has 2 nitrogen and oxygen atoms in total. The van der Waals surface area contributed by atoms with Crippen molar-refractivity contribution in [1.29, 1.82) is 0 Å². The minimum Gasteiger partial charge on any atom is -0.315 e. The van der Waals surface area contributed by atoms with Crippen LogP contribution in [-0.2, 0) is 13.0 Å². The third-order valence-electron chi connectivity index (χ3n) is 11.0. The van der Waals surface area contributed by atoms with Crippen LogP contribution in [0.15, 0.2) is 177 Å². The number of thiophene rings is 1. The van der Waals surface area contributed by atoms with Crippen LogP contribution in [-0.4, -0.2) is 11.9 Å². The third kappa shape index (κ3) is 7.15. The van der Waals surface area contributed by atoms with E-state index < -0.39 is 0 Å². The molecule has 262 valence electrons. The molecule has 0 N–H and O–H groups in total. The van der Waals surface area contributed by atoms with Gasteiger partial charge in [0.15, 0.2) is 0 Å². The fourth-order valence-corrected chi connectivity index (χ4v) is 9.39. The summed E-state index contributed by atoms with van der Waals surface area (Å²) in [6.45, 7) is 10.2. The molecule has 3 heteroatoms. The molecule has 1 unspecified atom stereocenters. The molecule has 0 saturated carbocycles. The van der Waals surface area contributed by atoms with Gasteiger partial charge in [-0.2, -0.15) is 0 Å². The van der Waals surface area contributed by atoms with E-state index in [1.807, 2.05) is 11.3 Å². The van der Waals surface area contributed by atoms with Crippen molar-refractivity contribution in [2.24, 2.45) is 11.8 Å². The highest BCUT2D eigenvalue weighted by molar-refractivity contribution is 7.26. The maximum absolute atomic E-state index is 4.48. The number of benzene rings is 6. The van der Waals surface area contributed by atoms with E-state index in [4.69, 9.17) is 0 Å². The van der Waals surface area contributed by atoms with Crippen LogP contribution in [0.4, 0.5) is 11.4 Å². The Bertz CT molecular complexity index is 2440. The van der Waals surface area contributed by atoms with Gasteiger partial charge in [-0.3, -0.25) is 4.90 Å². The van der Waals surface area contributed by atoms with Gasteiger partial charge in [-0.25, -0.2) is 0 Å². The summed E-state index contributed by atoms with van der Waals surface area (Å²) in [6, 6.07) is 53.5. The van der Waals surface area contributed by atoms with Crippen LogP contribution >= 0.6 is 11.3 Å². The first kappa shape index (κ1) is 34.6. The predicted octanol–water partition coefficient (Wildman–Crippen LogP) is 13.6. The fourth-order valence-electron chi connectivity index (χ4n) is 8.14. The molecule has 0 saturated heterocycles. The molecule has 1 aliphatic rings. The minimum atomic E-state index is 0.262. The lowest BCUT2D eigenvalue weighted by atomic mass is 9.81. The normalized spacial score (nSPS) is 15.8. The SMILES string of the molecule is C=C1/C=C\C=C/N(c2cccc(C[C@H](C)[C@@H](C)C(c3ccccc3)N(C)Cc3cccc(-c4ccccc4)c3)c2)c2c1ccc1c2sc2ccccc21. The van der Waals surface area contributed by atoms with Gasteiger partial charge in [-0.15, -0.1) is 11.3 Å². The van der Waals surface area contributed by atoms with Crippen LogP contribution in [0.3, 0.4) is 0 Å². The molecule has 2 heterocycles. The molecule has 7 aromatic rings. The molecular weight excluding hydrogens is 661 g/mol. The zero-order chi connectivity index (χ0) is 36.3. The maximum atomic E-state index is 4.48. The highest BCUT2D eigenvalue weighted by Gasteiger charge is 2.28. The Kier molecular flexibility index (Phi) is 9.95. The van der Waals surface area contributed by atoms with E-state index in [9.17, 15) is 0 Å². The first-order valence-corrected chi connectivity index (χ1v) is 19.5. The third-order valence-corrected chi connectivity index (χ3v) is 12.2. The number of nitrogens with zero attached hydrogens (tertiary/aromatic N) is 2. The smallest absolute Gasteiger partial charge is 0.0713 e. The molecule has 1 aliphatic heterocycles. The minimum absolute atomic E-state index is 0.262. The monoisotopic (exact) mass is 706 g/mol. The van der Waals surface area contributed by atoms with Crippen molar-refractivity contribution in [2.75, 3.05) is 11.9 Å². The van der Waals surface area contributed by atoms with Gasteiger partial charge in [0.25, 0.3) is 0 Å². The molecule has 53 heavy (non-hydrogen) atoms. The van der Waals surface area contributed by atoms with E-state index in [-0.39, 0.29) is 6.04 Å². The Morgan fingerprint density at radius 2 is 1.40 bits per heavy atom. The fraction of sp³-hybridized carbons (Fsp3) is 0.160. The zero-order valence-corrected chi connectivity index (χ0v) is 31.6. The molecule has 0 aliphatic carbocycles. The van der Waals surface area contributed by atoms with Crippen LogP contribution in [0, 0.1) is 11.8 Å². The summed E-state index contributed by atoms with van der Waals surface area (Å²) in [4.78, 5) is 4.93. The molecule has 1 aromatic heterocycles.